The Hall–Kier alpha value is -0.870. The summed E-state index contributed by atoms with van der Waals surface area (Å²) in [5, 5.41) is 1.24. The molecule has 0 unspecified atom stereocenters. The zero-order chi connectivity index (χ0) is 12.0. The molecule has 1 atom stereocenters. The average molecular weight is 214 g/mol. The molecule has 0 aliphatic carbocycles. The average Bonchev–Trinajstić information content (AvgIpc) is 2.16. The van der Waals surface area contributed by atoms with Crippen LogP contribution in [0, 0.1) is 0 Å². The van der Waals surface area contributed by atoms with Crippen LogP contribution in [0.4, 0.5) is 0 Å². The fourth-order valence-corrected chi connectivity index (χ4v) is 1.56. The predicted octanol–water partition coefficient (Wildman–Crippen LogP) is 1.29. The lowest BCUT2D eigenvalue weighted by molar-refractivity contribution is -0.169. The number of hydroxylamine groups is 2. The Balaban J connectivity index is 4.27. The summed E-state index contributed by atoms with van der Waals surface area (Å²) in [6.07, 6.45) is 0.954. The van der Waals surface area contributed by atoms with Gasteiger partial charge in [0, 0.05) is 13.1 Å². The van der Waals surface area contributed by atoms with Crippen LogP contribution in [0.2, 0.25) is 0 Å². The van der Waals surface area contributed by atoms with Gasteiger partial charge in [-0.3, -0.25) is 14.5 Å². The van der Waals surface area contributed by atoms with Gasteiger partial charge in [-0.25, -0.2) is 5.06 Å². The van der Waals surface area contributed by atoms with Crippen molar-refractivity contribution in [3.05, 3.63) is 12.2 Å². The van der Waals surface area contributed by atoms with Gasteiger partial charge >= 0.3 is 0 Å². The van der Waals surface area contributed by atoms with Gasteiger partial charge in [0.05, 0.1) is 13.7 Å². The van der Waals surface area contributed by atoms with E-state index in [0.717, 1.165) is 12.0 Å². The van der Waals surface area contributed by atoms with E-state index in [4.69, 9.17) is 4.84 Å². The van der Waals surface area contributed by atoms with Crippen LogP contribution in [-0.4, -0.2) is 49.7 Å². The number of likely N-dealkylation sites (N-methyl/N-ethyl adjacent to an activating group) is 2. The fraction of sp³-hybridized carbons (Fsp3) is 0.727. The van der Waals surface area contributed by atoms with Gasteiger partial charge in [0.25, 0.3) is 5.91 Å². The van der Waals surface area contributed by atoms with Crippen LogP contribution >= 0.6 is 0 Å². The lowest BCUT2D eigenvalue weighted by atomic mass is 10.1. The first-order valence-electron chi connectivity index (χ1n) is 5.10. The summed E-state index contributed by atoms with van der Waals surface area (Å²) in [5.74, 6) is -0.0558. The van der Waals surface area contributed by atoms with E-state index >= 15 is 0 Å². The zero-order valence-corrected chi connectivity index (χ0v) is 10.4. The van der Waals surface area contributed by atoms with Crippen molar-refractivity contribution in [3.63, 3.8) is 0 Å². The molecule has 0 aliphatic rings. The molecule has 0 aromatic heterocycles. The summed E-state index contributed by atoms with van der Waals surface area (Å²) < 4.78 is 0. The van der Waals surface area contributed by atoms with Gasteiger partial charge in [-0.05, 0) is 20.4 Å². The monoisotopic (exact) mass is 214 g/mol. The fourth-order valence-electron chi connectivity index (χ4n) is 1.56. The van der Waals surface area contributed by atoms with Gasteiger partial charge in [0.1, 0.15) is 0 Å². The molecule has 0 aliphatic heterocycles. The molecule has 0 saturated carbocycles. The molecule has 88 valence electrons. The minimum absolute atomic E-state index is 0.0558. The first kappa shape index (κ1) is 14.1. The van der Waals surface area contributed by atoms with Crippen LogP contribution in [-0.2, 0) is 9.63 Å². The van der Waals surface area contributed by atoms with Gasteiger partial charge < -0.3 is 0 Å². The van der Waals surface area contributed by atoms with Gasteiger partial charge in [-0.15, -0.1) is 0 Å². The number of hydrogen-bond donors (Lipinski definition) is 0. The largest absolute Gasteiger partial charge is 0.291 e. The van der Waals surface area contributed by atoms with E-state index in [2.05, 4.69) is 13.5 Å². The van der Waals surface area contributed by atoms with Crippen LogP contribution in [0.1, 0.15) is 20.3 Å². The Morgan fingerprint density at radius 2 is 2.00 bits per heavy atom. The summed E-state index contributed by atoms with van der Waals surface area (Å²) >= 11 is 0. The van der Waals surface area contributed by atoms with Crippen molar-refractivity contribution in [2.24, 2.45) is 0 Å². The summed E-state index contributed by atoms with van der Waals surface area (Å²) in [5.41, 5.74) is 1.08. The van der Waals surface area contributed by atoms with Crippen LogP contribution in [0.25, 0.3) is 0 Å². The third-order valence-electron chi connectivity index (χ3n) is 2.50. The van der Waals surface area contributed by atoms with Crippen molar-refractivity contribution in [3.8, 4) is 0 Å². The van der Waals surface area contributed by atoms with E-state index in [1.54, 1.807) is 7.05 Å². The molecule has 0 N–H and O–H groups in total. The lowest BCUT2D eigenvalue weighted by Crippen LogP contribution is -2.41. The molecule has 0 rings (SSSR count). The van der Waals surface area contributed by atoms with E-state index in [1.807, 2.05) is 18.9 Å². The van der Waals surface area contributed by atoms with Crippen molar-refractivity contribution in [1.29, 1.82) is 0 Å². The van der Waals surface area contributed by atoms with Gasteiger partial charge in [0.15, 0.2) is 0 Å². The molecule has 0 saturated heterocycles. The minimum atomic E-state index is -0.0558. The molecule has 0 radical (unpaired) electrons. The first-order valence-corrected chi connectivity index (χ1v) is 5.10. The SMILES string of the molecule is C=C(C)[C@@H](CC)N(C)CC(=O)N(C)OC. The van der Waals surface area contributed by atoms with E-state index in [-0.39, 0.29) is 11.9 Å². The molecule has 1 amide bonds. The molecule has 4 heteroatoms. The smallest absolute Gasteiger partial charge is 0.260 e. The van der Waals surface area contributed by atoms with Crippen LogP contribution in [0.3, 0.4) is 0 Å². The van der Waals surface area contributed by atoms with E-state index < -0.39 is 0 Å². The number of carbonyl (C=O) groups excluding carboxylic acids is 1. The third kappa shape index (κ3) is 4.44. The Morgan fingerprint density at radius 3 is 2.33 bits per heavy atom. The number of rotatable bonds is 6. The lowest BCUT2D eigenvalue weighted by Gasteiger charge is -2.28. The van der Waals surface area contributed by atoms with Crippen LogP contribution in [0.15, 0.2) is 12.2 Å². The summed E-state index contributed by atoms with van der Waals surface area (Å²) in [7, 11) is 5.01. The van der Waals surface area contributed by atoms with Gasteiger partial charge in [0.2, 0.25) is 0 Å². The highest BCUT2D eigenvalue weighted by Crippen LogP contribution is 2.10. The Bertz CT molecular complexity index is 229. The van der Waals surface area contributed by atoms with Gasteiger partial charge in [-0.2, -0.15) is 0 Å². The quantitative estimate of drug-likeness (QED) is 0.493. The van der Waals surface area contributed by atoms with Crippen molar-refractivity contribution in [1.82, 2.24) is 9.96 Å². The van der Waals surface area contributed by atoms with Crippen molar-refractivity contribution < 1.29 is 9.63 Å². The summed E-state index contributed by atoms with van der Waals surface area (Å²) in [6.45, 7) is 8.33. The van der Waals surface area contributed by atoms with Crippen molar-refractivity contribution in [2.75, 3.05) is 27.7 Å². The highest BCUT2D eigenvalue weighted by molar-refractivity contribution is 5.76. The molecule has 0 fully saturated rings. The number of hydrogen-bond acceptors (Lipinski definition) is 3. The Morgan fingerprint density at radius 1 is 1.47 bits per heavy atom. The number of amides is 1. The minimum Gasteiger partial charge on any atom is -0.291 e. The maximum absolute atomic E-state index is 11.6. The molecule has 0 aromatic carbocycles. The summed E-state index contributed by atoms with van der Waals surface area (Å²) in [6, 6.07) is 0.249. The van der Waals surface area contributed by atoms with Crippen molar-refractivity contribution >= 4 is 5.91 Å². The normalized spacial score (nSPS) is 12.7. The Labute approximate surface area is 92.4 Å². The molecule has 0 bridgehead atoms. The van der Waals surface area contributed by atoms with Crippen LogP contribution in [0.5, 0.6) is 0 Å². The van der Waals surface area contributed by atoms with E-state index in [9.17, 15) is 4.79 Å². The molecular weight excluding hydrogens is 192 g/mol. The highest BCUT2D eigenvalue weighted by Gasteiger charge is 2.18. The maximum Gasteiger partial charge on any atom is 0.260 e. The second kappa shape index (κ2) is 6.58. The van der Waals surface area contributed by atoms with Crippen molar-refractivity contribution in [2.45, 2.75) is 26.3 Å². The summed E-state index contributed by atoms with van der Waals surface area (Å²) in [4.78, 5) is 18.4. The molecule has 0 spiro atoms. The Kier molecular flexibility index (Phi) is 6.20. The molecule has 0 aromatic rings. The molecule has 4 nitrogen and oxygen atoms in total. The van der Waals surface area contributed by atoms with E-state index in [1.165, 1.54) is 12.2 Å². The number of carbonyl (C=O) groups is 1. The molecule has 0 heterocycles. The predicted molar refractivity (Wildman–Crippen MR) is 61.3 cm³/mol. The maximum atomic E-state index is 11.6. The third-order valence-corrected chi connectivity index (χ3v) is 2.50. The second-order valence-electron chi connectivity index (χ2n) is 3.76. The molecule has 15 heavy (non-hydrogen) atoms. The second-order valence-corrected chi connectivity index (χ2v) is 3.76. The highest BCUT2D eigenvalue weighted by atomic mass is 16.7. The topological polar surface area (TPSA) is 32.8 Å². The zero-order valence-electron chi connectivity index (χ0n) is 10.4. The first-order chi connectivity index (χ1) is 6.93. The standard InChI is InChI=1S/C11H22N2O2/c1-7-10(9(2)3)12(4)8-11(14)13(5)15-6/h10H,2,7-8H2,1,3-6H3/t10-/m1/s1. The van der Waals surface area contributed by atoms with E-state index in [0.29, 0.717) is 6.54 Å². The van der Waals surface area contributed by atoms with Gasteiger partial charge in [-0.1, -0.05) is 19.1 Å². The van der Waals surface area contributed by atoms with Crippen LogP contribution < -0.4 is 0 Å². The molecular formula is C11H22N2O2. The number of nitrogens with zero attached hydrogens (tertiary/aromatic N) is 2.